The Bertz CT molecular complexity index is 244. The second-order valence-corrected chi connectivity index (χ2v) is 3.66. The van der Waals surface area contributed by atoms with E-state index in [2.05, 4.69) is 10.5 Å². The SMILES string of the molecule is CNC(=O)C1(C(N)=NO)CC(C)C1. The third-order valence-corrected chi connectivity index (χ3v) is 2.65. The van der Waals surface area contributed by atoms with Gasteiger partial charge in [0.2, 0.25) is 5.91 Å². The van der Waals surface area contributed by atoms with E-state index in [4.69, 9.17) is 10.9 Å². The van der Waals surface area contributed by atoms with Crippen LogP contribution in [0.3, 0.4) is 0 Å². The molecule has 0 aromatic carbocycles. The number of amidine groups is 1. The number of amides is 1. The average Bonchev–Trinajstić information content (AvgIpc) is 2.09. The normalized spacial score (nSPS) is 33.7. The average molecular weight is 185 g/mol. The monoisotopic (exact) mass is 185 g/mol. The number of carbonyl (C=O) groups excluding carboxylic acids is 1. The molecule has 5 heteroatoms. The summed E-state index contributed by atoms with van der Waals surface area (Å²) >= 11 is 0. The van der Waals surface area contributed by atoms with Crippen molar-refractivity contribution in [1.29, 1.82) is 0 Å². The lowest BCUT2D eigenvalue weighted by molar-refractivity contribution is -0.132. The third kappa shape index (κ3) is 1.34. The maximum atomic E-state index is 11.5. The van der Waals surface area contributed by atoms with E-state index in [1.807, 2.05) is 6.92 Å². The number of nitrogens with one attached hydrogen (secondary N) is 1. The molecular formula is C8H15N3O2. The van der Waals surface area contributed by atoms with Crippen molar-refractivity contribution in [2.45, 2.75) is 19.8 Å². The molecule has 1 amide bonds. The highest BCUT2D eigenvalue weighted by Gasteiger charge is 2.51. The van der Waals surface area contributed by atoms with Gasteiger partial charge in [-0.3, -0.25) is 4.79 Å². The fraction of sp³-hybridized carbons (Fsp3) is 0.750. The number of nitrogens with zero attached hydrogens (tertiary/aromatic N) is 1. The Balaban J connectivity index is 2.85. The molecule has 74 valence electrons. The molecule has 1 saturated carbocycles. The summed E-state index contributed by atoms with van der Waals surface area (Å²) in [6.07, 6.45) is 1.31. The predicted octanol–water partition coefficient (Wildman–Crippen LogP) is -0.105. The van der Waals surface area contributed by atoms with Gasteiger partial charge < -0.3 is 16.3 Å². The van der Waals surface area contributed by atoms with Crippen LogP contribution in [0, 0.1) is 11.3 Å². The third-order valence-electron chi connectivity index (χ3n) is 2.65. The zero-order valence-electron chi connectivity index (χ0n) is 7.87. The Morgan fingerprint density at radius 2 is 2.23 bits per heavy atom. The summed E-state index contributed by atoms with van der Waals surface area (Å²) in [4.78, 5) is 11.5. The Kier molecular flexibility index (Phi) is 2.45. The van der Waals surface area contributed by atoms with Crippen LogP contribution < -0.4 is 11.1 Å². The lowest BCUT2D eigenvalue weighted by Gasteiger charge is -2.43. The molecule has 1 aliphatic carbocycles. The van der Waals surface area contributed by atoms with Gasteiger partial charge in [0.25, 0.3) is 0 Å². The molecule has 1 fully saturated rings. The van der Waals surface area contributed by atoms with Gasteiger partial charge in [-0.1, -0.05) is 12.1 Å². The Morgan fingerprint density at radius 3 is 2.54 bits per heavy atom. The fourth-order valence-electron chi connectivity index (χ4n) is 1.98. The summed E-state index contributed by atoms with van der Waals surface area (Å²) < 4.78 is 0. The van der Waals surface area contributed by atoms with Crippen LogP contribution in [0.5, 0.6) is 0 Å². The largest absolute Gasteiger partial charge is 0.409 e. The van der Waals surface area contributed by atoms with Gasteiger partial charge in [0.1, 0.15) is 5.41 Å². The van der Waals surface area contributed by atoms with Gasteiger partial charge in [0.05, 0.1) is 0 Å². The summed E-state index contributed by atoms with van der Waals surface area (Å²) in [5.41, 5.74) is 4.73. The molecule has 0 saturated heterocycles. The first-order valence-electron chi connectivity index (χ1n) is 4.27. The molecule has 0 radical (unpaired) electrons. The van der Waals surface area contributed by atoms with Crippen molar-refractivity contribution in [3.05, 3.63) is 0 Å². The predicted molar refractivity (Wildman–Crippen MR) is 48.3 cm³/mol. The van der Waals surface area contributed by atoms with Crippen LogP contribution in [0.4, 0.5) is 0 Å². The lowest BCUT2D eigenvalue weighted by Crippen LogP contribution is -2.56. The maximum Gasteiger partial charge on any atom is 0.233 e. The molecule has 13 heavy (non-hydrogen) atoms. The standard InChI is InChI=1S/C8H15N3O2/c1-5-3-8(4-5,6(9)11-13)7(12)10-2/h5,13H,3-4H2,1-2H3,(H2,9,11)(H,10,12). The highest BCUT2D eigenvalue weighted by molar-refractivity contribution is 6.07. The fourth-order valence-corrected chi connectivity index (χ4v) is 1.98. The highest BCUT2D eigenvalue weighted by atomic mass is 16.4. The first kappa shape index (κ1) is 9.83. The van der Waals surface area contributed by atoms with Crippen molar-refractivity contribution in [2.24, 2.45) is 22.2 Å². The minimum absolute atomic E-state index is 0.0185. The van der Waals surface area contributed by atoms with Crippen LogP contribution >= 0.6 is 0 Å². The second-order valence-electron chi connectivity index (χ2n) is 3.66. The number of nitrogens with two attached hydrogens (primary N) is 1. The van der Waals surface area contributed by atoms with E-state index >= 15 is 0 Å². The molecule has 0 aromatic rings. The van der Waals surface area contributed by atoms with E-state index in [1.165, 1.54) is 0 Å². The quantitative estimate of drug-likeness (QED) is 0.243. The minimum Gasteiger partial charge on any atom is -0.409 e. The summed E-state index contributed by atoms with van der Waals surface area (Å²) in [7, 11) is 1.55. The number of carbonyl (C=O) groups is 1. The molecule has 0 unspecified atom stereocenters. The molecule has 4 N–H and O–H groups in total. The van der Waals surface area contributed by atoms with Gasteiger partial charge in [-0.2, -0.15) is 0 Å². The molecule has 0 bridgehead atoms. The molecule has 0 atom stereocenters. The minimum atomic E-state index is -0.761. The topological polar surface area (TPSA) is 87.7 Å². The van der Waals surface area contributed by atoms with Crippen molar-refractivity contribution >= 4 is 11.7 Å². The second kappa shape index (κ2) is 3.24. The zero-order valence-corrected chi connectivity index (χ0v) is 7.87. The first-order chi connectivity index (χ1) is 6.06. The van der Waals surface area contributed by atoms with E-state index in [0.717, 1.165) is 0 Å². The molecular weight excluding hydrogens is 170 g/mol. The maximum absolute atomic E-state index is 11.5. The van der Waals surface area contributed by atoms with Crippen LogP contribution in [0.15, 0.2) is 5.16 Å². The first-order valence-corrected chi connectivity index (χ1v) is 4.27. The molecule has 1 rings (SSSR count). The van der Waals surface area contributed by atoms with E-state index < -0.39 is 5.41 Å². The van der Waals surface area contributed by atoms with E-state index in [0.29, 0.717) is 18.8 Å². The van der Waals surface area contributed by atoms with Gasteiger partial charge in [-0.05, 0) is 18.8 Å². The summed E-state index contributed by atoms with van der Waals surface area (Å²) in [6.45, 7) is 2.03. The Labute approximate surface area is 77.0 Å². The van der Waals surface area contributed by atoms with Crippen LogP contribution in [0.25, 0.3) is 0 Å². The van der Waals surface area contributed by atoms with E-state index in [1.54, 1.807) is 7.05 Å². The van der Waals surface area contributed by atoms with Crippen molar-refractivity contribution in [3.8, 4) is 0 Å². The highest BCUT2D eigenvalue weighted by Crippen LogP contribution is 2.45. The summed E-state index contributed by atoms with van der Waals surface area (Å²) in [5.74, 6) is 0.309. The number of oxime groups is 1. The van der Waals surface area contributed by atoms with Gasteiger partial charge in [-0.25, -0.2) is 0 Å². The van der Waals surface area contributed by atoms with Crippen molar-refractivity contribution in [1.82, 2.24) is 5.32 Å². The van der Waals surface area contributed by atoms with Crippen LogP contribution in [-0.4, -0.2) is 24.0 Å². The van der Waals surface area contributed by atoms with E-state index in [9.17, 15) is 4.79 Å². The van der Waals surface area contributed by atoms with Crippen molar-refractivity contribution in [2.75, 3.05) is 7.05 Å². The molecule has 0 aliphatic heterocycles. The number of hydrogen-bond acceptors (Lipinski definition) is 3. The summed E-state index contributed by atoms with van der Waals surface area (Å²) in [6, 6.07) is 0. The van der Waals surface area contributed by atoms with Crippen molar-refractivity contribution < 1.29 is 10.0 Å². The van der Waals surface area contributed by atoms with Crippen LogP contribution in [0.1, 0.15) is 19.8 Å². The molecule has 0 heterocycles. The zero-order chi connectivity index (χ0) is 10.1. The number of hydrogen-bond donors (Lipinski definition) is 3. The smallest absolute Gasteiger partial charge is 0.233 e. The molecule has 0 aromatic heterocycles. The van der Waals surface area contributed by atoms with Crippen LogP contribution in [0.2, 0.25) is 0 Å². The van der Waals surface area contributed by atoms with Gasteiger partial charge in [0, 0.05) is 7.05 Å². The molecule has 5 nitrogen and oxygen atoms in total. The lowest BCUT2D eigenvalue weighted by atomic mass is 9.61. The Morgan fingerprint density at radius 1 is 1.69 bits per heavy atom. The van der Waals surface area contributed by atoms with Gasteiger partial charge >= 0.3 is 0 Å². The molecule has 1 aliphatic rings. The van der Waals surface area contributed by atoms with Crippen LogP contribution in [-0.2, 0) is 4.79 Å². The van der Waals surface area contributed by atoms with Gasteiger partial charge in [0.15, 0.2) is 5.84 Å². The number of rotatable bonds is 2. The molecule has 0 spiro atoms. The Hall–Kier alpha value is -1.26. The summed E-state index contributed by atoms with van der Waals surface area (Å²) in [5, 5.41) is 14.0. The van der Waals surface area contributed by atoms with E-state index in [-0.39, 0.29) is 11.7 Å². The van der Waals surface area contributed by atoms with Gasteiger partial charge in [-0.15, -0.1) is 0 Å². The van der Waals surface area contributed by atoms with Crippen molar-refractivity contribution in [3.63, 3.8) is 0 Å².